The molecular formula is C16H9F6NO3. The van der Waals surface area contributed by atoms with E-state index in [1.165, 1.54) is 0 Å². The van der Waals surface area contributed by atoms with Crippen LogP contribution in [0.2, 0.25) is 0 Å². The number of nitrogens with one attached hydrogen (secondary N) is 1. The van der Waals surface area contributed by atoms with Crippen LogP contribution >= 0.6 is 0 Å². The van der Waals surface area contributed by atoms with Crippen molar-refractivity contribution < 1.29 is 40.6 Å². The lowest BCUT2D eigenvalue weighted by molar-refractivity contribution is -0.274. The molecule has 1 N–H and O–H groups in total. The van der Waals surface area contributed by atoms with Crippen molar-refractivity contribution >= 4 is 11.6 Å². The van der Waals surface area contributed by atoms with Crippen LogP contribution in [0.25, 0.3) is 0 Å². The SMILES string of the molecule is O=C1Nc2cc(OC(F)(F)F)ccc2O[C@H]1c1ccc(C(F)(F)F)cc1. The van der Waals surface area contributed by atoms with Gasteiger partial charge in [-0.05, 0) is 24.3 Å². The molecule has 0 radical (unpaired) electrons. The summed E-state index contributed by atoms with van der Waals surface area (Å²) in [5, 5.41) is 2.35. The molecule has 1 aliphatic rings. The van der Waals surface area contributed by atoms with Crippen molar-refractivity contribution in [2.75, 3.05) is 5.32 Å². The molecule has 0 bridgehead atoms. The molecule has 0 spiro atoms. The smallest absolute Gasteiger partial charge is 0.474 e. The van der Waals surface area contributed by atoms with Crippen molar-refractivity contribution in [3.63, 3.8) is 0 Å². The van der Waals surface area contributed by atoms with Gasteiger partial charge in [-0.15, -0.1) is 13.2 Å². The second kappa shape index (κ2) is 6.11. The fraction of sp³-hybridized carbons (Fsp3) is 0.188. The molecule has 0 unspecified atom stereocenters. The van der Waals surface area contributed by atoms with Gasteiger partial charge in [0.2, 0.25) is 6.10 Å². The average molecular weight is 377 g/mol. The van der Waals surface area contributed by atoms with E-state index in [1.54, 1.807) is 0 Å². The summed E-state index contributed by atoms with van der Waals surface area (Å²) in [4.78, 5) is 12.1. The van der Waals surface area contributed by atoms with Crippen LogP contribution in [-0.4, -0.2) is 12.3 Å². The van der Waals surface area contributed by atoms with Gasteiger partial charge in [0.1, 0.15) is 11.5 Å². The van der Waals surface area contributed by atoms with Crippen molar-refractivity contribution in [2.24, 2.45) is 0 Å². The molecule has 1 aliphatic heterocycles. The molecule has 4 nitrogen and oxygen atoms in total. The topological polar surface area (TPSA) is 47.6 Å². The van der Waals surface area contributed by atoms with E-state index in [0.717, 1.165) is 42.5 Å². The first-order chi connectivity index (χ1) is 12.0. The molecule has 2 aromatic rings. The second-order valence-corrected chi connectivity index (χ2v) is 5.31. The fourth-order valence-corrected chi connectivity index (χ4v) is 2.35. The lowest BCUT2D eigenvalue weighted by Crippen LogP contribution is -2.30. The minimum absolute atomic E-state index is 0.0417. The summed E-state index contributed by atoms with van der Waals surface area (Å²) in [7, 11) is 0. The largest absolute Gasteiger partial charge is 0.573 e. The van der Waals surface area contributed by atoms with Crippen molar-refractivity contribution in [3.05, 3.63) is 53.6 Å². The number of benzene rings is 2. The molecule has 1 heterocycles. The molecule has 138 valence electrons. The number of alkyl halides is 6. The molecule has 0 fully saturated rings. The van der Waals surface area contributed by atoms with Gasteiger partial charge in [-0.3, -0.25) is 4.79 Å². The van der Waals surface area contributed by atoms with Gasteiger partial charge in [0, 0.05) is 11.6 Å². The third-order valence-electron chi connectivity index (χ3n) is 3.47. The van der Waals surface area contributed by atoms with E-state index < -0.39 is 35.9 Å². The van der Waals surface area contributed by atoms with Crippen molar-refractivity contribution in [2.45, 2.75) is 18.6 Å². The van der Waals surface area contributed by atoms with Crippen molar-refractivity contribution in [3.8, 4) is 11.5 Å². The minimum Gasteiger partial charge on any atom is -0.474 e. The maximum absolute atomic E-state index is 12.6. The number of hydrogen-bond acceptors (Lipinski definition) is 3. The summed E-state index contributed by atoms with van der Waals surface area (Å²) in [6.45, 7) is 0. The molecule has 10 heteroatoms. The number of carbonyl (C=O) groups is 1. The Balaban J connectivity index is 1.83. The molecule has 3 rings (SSSR count). The molecule has 26 heavy (non-hydrogen) atoms. The zero-order chi connectivity index (χ0) is 19.1. The summed E-state index contributed by atoms with van der Waals surface area (Å²) in [6, 6.07) is 6.89. The van der Waals surface area contributed by atoms with Gasteiger partial charge in [0.05, 0.1) is 11.3 Å². The standard InChI is InChI=1S/C16H9F6NO3/c17-15(18,19)9-3-1-8(2-4-9)13-14(24)23-11-7-10(26-16(20,21)22)5-6-12(11)25-13/h1-7,13H,(H,23,24)/t13-/m0/s1. The Kier molecular flexibility index (Phi) is 4.21. The summed E-state index contributed by atoms with van der Waals surface area (Å²) in [5.41, 5.74) is -0.761. The lowest BCUT2D eigenvalue weighted by Gasteiger charge is -2.26. The summed E-state index contributed by atoms with van der Waals surface area (Å²) >= 11 is 0. The minimum atomic E-state index is -4.89. The van der Waals surface area contributed by atoms with Crippen LogP contribution in [0.1, 0.15) is 17.2 Å². The predicted octanol–water partition coefficient (Wildman–Crippen LogP) is 4.68. The highest BCUT2D eigenvalue weighted by Gasteiger charge is 2.34. The number of fused-ring (bicyclic) bond motifs is 1. The van der Waals surface area contributed by atoms with Crippen molar-refractivity contribution in [1.29, 1.82) is 0 Å². The van der Waals surface area contributed by atoms with Crippen molar-refractivity contribution in [1.82, 2.24) is 0 Å². The molecule has 1 amide bonds. The normalized spacial score (nSPS) is 17.2. The van der Waals surface area contributed by atoms with Gasteiger partial charge < -0.3 is 14.8 Å². The van der Waals surface area contributed by atoms with Gasteiger partial charge in [-0.1, -0.05) is 12.1 Å². The van der Waals surface area contributed by atoms with E-state index in [9.17, 15) is 31.1 Å². The monoisotopic (exact) mass is 377 g/mol. The Hall–Kier alpha value is -2.91. The van der Waals surface area contributed by atoms with Gasteiger partial charge >= 0.3 is 12.5 Å². The third kappa shape index (κ3) is 3.84. The van der Waals surface area contributed by atoms with Crippen LogP contribution in [0.15, 0.2) is 42.5 Å². The highest BCUT2D eigenvalue weighted by atomic mass is 19.4. The summed E-state index contributed by atoms with van der Waals surface area (Å²) in [6.07, 6.45) is -10.6. The maximum atomic E-state index is 12.6. The van der Waals surface area contributed by atoms with Crippen LogP contribution in [-0.2, 0) is 11.0 Å². The van der Waals surface area contributed by atoms with E-state index in [0.29, 0.717) is 0 Å². The van der Waals surface area contributed by atoms with Crippen LogP contribution in [0.4, 0.5) is 32.0 Å². The Labute approximate surface area is 142 Å². The van der Waals surface area contributed by atoms with Crippen LogP contribution in [0, 0.1) is 0 Å². The first-order valence-corrected chi connectivity index (χ1v) is 7.07. The number of hydrogen-bond donors (Lipinski definition) is 1. The first kappa shape index (κ1) is 17.9. The number of halogens is 6. The van der Waals surface area contributed by atoms with Gasteiger partial charge in [0.25, 0.3) is 5.91 Å². The van der Waals surface area contributed by atoms with E-state index in [-0.39, 0.29) is 17.0 Å². The molecule has 0 aliphatic carbocycles. The summed E-state index contributed by atoms with van der Waals surface area (Å²) < 4.78 is 83.6. The Bertz CT molecular complexity index is 829. The fourth-order valence-electron chi connectivity index (χ4n) is 2.35. The van der Waals surface area contributed by atoms with E-state index in [2.05, 4.69) is 10.1 Å². The Morgan fingerprint density at radius 3 is 2.19 bits per heavy atom. The zero-order valence-electron chi connectivity index (χ0n) is 12.6. The maximum Gasteiger partial charge on any atom is 0.573 e. The Morgan fingerprint density at radius 1 is 0.962 bits per heavy atom. The molecule has 0 saturated carbocycles. The number of ether oxygens (including phenoxy) is 2. The van der Waals surface area contributed by atoms with Crippen LogP contribution in [0.5, 0.6) is 11.5 Å². The quantitative estimate of drug-likeness (QED) is 0.774. The van der Waals surface area contributed by atoms with Gasteiger partial charge in [0.15, 0.2) is 0 Å². The van der Waals surface area contributed by atoms with E-state index >= 15 is 0 Å². The number of carbonyl (C=O) groups excluding carboxylic acids is 1. The number of amides is 1. The van der Waals surface area contributed by atoms with Crippen LogP contribution in [0.3, 0.4) is 0 Å². The highest BCUT2D eigenvalue weighted by Crippen LogP contribution is 2.39. The Morgan fingerprint density at radius 2 is 1.62 bits per heavy atom. The molecule has 1 atom stereocenters. The van der Waals surface area contributed by atoms with E-state index in [1.807, 2.05) is 0 Å². The van der Waals surface area contributed by atoms with Gasteiger partial charge in [-0.2, -0.15) is 13.2 Å². The average Bonchev–Trinajstić information content (AvgIpc) is 2.52. The van der Waals surface area contributed by atoms with E-state index in [4.69, 9.17) is 4.74 Å². The third-order valence-corrected chi connectivity index (χ3v) is 3.47. The molecule has 2 aromatic carbocycles. The van der Waals surface area contributed by atoms with Gasteiger partial charge in [-0.25, -0.2) is 0 Å². The first-order valence-electron chi connectivity index (χ1n) is 7.07. The predicted molar refractivity (Wildman–Crippen MR) is 76.6 cm³/mol. The second-order valence-electron chi connectivity index (χ2n) is 5.31. The molecular weight excluding hydrogens is 368 g/mol. The highest BCUT2D eigenvalue weighted by molar-refractivity contribution is 5.98. The zero-order valence-corrected chi connectivity index (χ0v) is 12.6. The van der Waals surface area contributed by atoms with Crippen LogP contribution < -0.4 is 14.8 Å². The number of anilines is 1. The molecule has 0 saturated heterocycles. The summed E-state index contributed by atoms with van der Waals surface area (Å²) in [5.74, 6) is -1.22. The lowest BCUT2D eigenvalue weighted by atomic mass is 10.0. The molecule has 0 aromatic heterocycles. The number of rotatable bonds is 2.